The average molecular weight is 224 g/mol. The molecule has 0 bridgehead atoms. The summed E-state index contributed by atoms with van der Waals surface area (Å²) in [5.74, 6) is 0. The van der Waals surface area contributed by atoms with E-state index >= 15 is 0 Å². The van der Waals surface area contributed by atoms with Crippen LogP contribution in [-0.4, -0.2) is 41.8 Å². The van der Waals surface area contributed by atoms with Gasteiger partial charge >= 0.3 is 0 Å². The van der Waals surface area contributed by atoms with Gasteiger partial charge in [-0.1, -0.05) is 5.21 Å². The smallest absolute Gasteiger partial charge is 0.0833 e. The van der Waals surface area contributed by atoms with E-state index in [1.165, 1.54) is 6.42 Å². The van der Waals surface area contributed by atoms with Gasteiger partial charge in [0, 0.05) is 38.2 Å². The van der Waals surface area contributed by atoms with Crippen LogP contribution in [0.1, 0.15) is 18.5 Å². The molecule has 1 aromatic rings. The highest BCUT2D eigenvalue weighted by molar-refractivity contribution is 5.00. The van der Waals surface area contributed by atoms with Crippen LogP contribution < -0.4 is 5.32 Å². The van der Waals surface area contributed by atoms with E-state index in [4.69, 9.17) is 4.74 Å². The van der Waals surface area contributed by atoms with Crippen LogP contribution in [0.25, 0.3) is 0 Å². The minimum Gasteiger partial charge on any atom is -0.381 e. The lowest BCUT2D eigenvalue weighted by atomic mass is 9.78. The quantitative estimate of drug-likeness (QED) is 0.803. The van der Waals surface area contributed by atoms with E-state index in [1.54, 1.807) is 4.68 Å². The molecule has 5 heteroatoms. The Balaban J connectivity index is 2.06. The Morgan fingerprint density at radius 3 is 3.06 bits per heavy atom. The zero-order chi connectivity index (χ0) is 11.4. The van der Waals surface area contributed by atoms with Gasteiger partial charge in [0.2, 0.25) is 0 Å². The first kappa shape index (κ1) is 11.5. The molecule has 5 nitrogen and oxygen atoms in total. The van der Waals surface area contributed by atoms with E-state index in [1.807, 2.05) is 20.3 Å². The molecule has 0 spiro atoms. The van der Waals surface area contributed by atoms with Gasteiger partial charge in [-0.05, 0) is 19.9 Å². The fourth-order valence-electron chi connectivity index (χ4n) is 2.49. The van der Waals surface area contributed by atoms with Crippen molar-refractivity contribution in [3.05, 3.63) is 11.9 Å². The fourth-order valence-corrected chi connectivity index (χ4v) is 2.49. The van der Waals surface area contributed by atoms with Crippen molar-refractivity contribution in [2.45, 2.75) is 19.3 Å². The second kappa shape index (κ2) is 4.93. The first-order chi connectivity index (χ1) is 7.74. The molecule has 1 N–H and O–H groups in total. The van der Waals surface area contributed by atoms with Gasteiger partial charge in [-0.3, -0.25) is 4.68 Å². The maximum absolute atomic E-state index is 5.62. The lowest BCUT2D eigenvalue weighted by Crippen LogP contribution is -2.41. The van der Waals surface area contributed by atoms with Crippen molar-refractivity contribution in [3.63, 3.8) is 0 Å². The predicted octanol–water partition coefficient (Wildman–Crippen LogP) is 0.374. The van der Waals surface area contributed by atoms with Crippen molar-refractivity contribution in [1.82, 2.24) is 20.3 Å². The third kappa shape index (κ3) is 2.59. The molecular formula is C11H20N4O. The Kier molecular flexibility index (Phi) is 3.56. The summed E-state index contributed by atoms with van der Waals surface area (Å²) in [4.78, 5) is 0. The molecule has 1 aliphatic rings. The van der Waals surface area contributed by atoms with Gasteiger partial charge in [-0.25, -0.2) is 0 Å². The second-order valence-corrected chi connectivity index (χ2v) is 4.75. The number of hydrogen-bond acceptors (Lipinski definition) is 4. The maximum atomic E-state index is 5.62. The SMILES string of the molecule is CNCC1(Cc2cn(C)nn2)CCCOC1. The summed E-state index contributed by atoms with van der Waals surface area (Å²) in [6, 6.07) is 0. The number of hydrogen-bond donors (Lipinski definition) is 1. The van der Waals surface area contributed by atoms with Crippen LogP contribution in [0, 0.1) is 5.41 Å². The normalized spacial score (nSPS) is 25.9. The molecule has 0 saturated carbocycles. The van der Waals surface area contributed by atoms with Crippen LogP contribution in [0.2, 0.25) is 0 Å². The monoisotopic (exact) mass is 224 g/mol. The first-order valence-corrected chi connectivity index (χ1v) is 5.82. The molecule has 2 heterocycles. The van der Waals surface area contributed by atoms with Gasteiger partial charge in [0.05, 0.1) is 12.3 Å². The molecule has 16 heavy (non-hydrogen) atoms. The van der Waals surface area contributed by atoms with Crippen molar-refractivity contribution < 1.29 is 4.74 Å². The lowest BCUT2D eigenvalue weighted by Gasteiger charge is -2.36. The Bertz CT molecular complexity index is 325. The highest BCUT2D eigenvalue weighted by Crippen LogP contribution is 2.31. The van der Waals surface area contributed by atoms with Crippen molar-refractivity contribution in [2.24, 2.45) is 12.5 Å². The fraction of sp³-hybridized carbons (Fsp3) is 0.818. The highest BCUT2D eigenvalue weighted by Gasteiger charge is 2.33. The molecule has 1 aliphatic heterocycles. The van der Waals surface area contributed by atoms with Crippen molar-refractivity contribution in [1.29, 1.82) is 0 Å². The summed E-state index contributed by atoms with van der Waals surface area (Å²) in [6.07, 6.45) is 5.28. The first-order valence-electron chi connectivity index (χ1n) is 5.82. The Morgan fingerprint density at radius 2 is 2.50 bits per heavy atom. The van der Waals surface area contributed by atoms with E-state index in [-0.39, 0.29) is 5.41 Å². The summed E-state index contributed by atoms with van der Waals surface area (Å²) < 4.78 is 7.38. The van der Waals surface area contributed by atoms with E-state index in [2.05, 4.69) is 15.6 Å². The van der Waals surface area contributed by atoms with E-state index in [0.717, 1.165) is 38.3 Å². The zero-order valence-corrected chi connectivity index (χ0v) is 10.1. The summed E-state index contributed by atoms with van der Waals surface area (Å²) in [5.41, 5.74) is 1.26. The molecule has 0 aliphatic carbocycles. The van der Waals surface area contributed by atoms with Crippen LogP contribution >= 0.6 is 0 Å². The zero-order valence-electron chi connectivity index (χ0n) is 10.1. The minimum atomic E-state index is 0.197. The Morgan fingerprint density at radius 1 is 1.62 bits per heavy atom. The molecule has 1 saturated heterocycles. The number of aryl methyl sites for hydroxylation is 1. The molecular weight excluding hydrogens is 204 g/mol. The van der Waals surface area contributed by atoms with Crippen LogP contribution in [-0.2, 0) is 18.2 Å². The molecule has 1 fully saturated rings. The maximum Gasteiger partial charge on any atom is 0.0833 e. The van der Waals surface area contributed by atoms with Gasteiger partial charge in [0.1, 0.15) is 0 Å². The van der Waals surface area contributed by atoms with E-state index < -0.39 is 0 Å². The van der Waals surface area contributed by atoms with Crippen LogP contribution in [0.4, 0.5) is 0 Å². The summed E-state index contributed by atoms with van der Waals surface area (Å²) in [5, 5.41) is 11.4. The molecule has 0 amide bonds. The van der Waals surface area contributed by atoms with Gasteiger partial charge in [0.15, 0.2) is 0 Å². The molecule has 1 aromatic heterocycles. The summed E-state index contributed by atoms with van der Waals surface area (Å²) >= 11 is 0. The van der Waals surface area contributed by atoms with Crippen LogP contribution in [0.5, 0.6) is 0 Å². The standard InChI is InChI=1S/C11H20N4O/c1-12-8-11(4-3-5-16-9-11)6-10-7-15(2)14-13-10/h7,12H,3-6,8-9H2,1-2H3. The number of rotatable bonds is 4. The molecule has 2 rings (SSSR count). The van der Waals surface area contributed by atoms with Gasteiger partial charge in [-0.15, -0.1) is 5.10 Å². The molecule has 0 aromatic carbocycles. The number of aromatic nitrogens is 3. The van der Waals surface area contributed by atoms with Crippen molar-refractivity contribution in [2.75, 3.05) is 26.8 Å². The predicted molar refractivity (Wildman–Crippen MR) is 61.1 cm³/mol. The van der Waals surface area contributed by atoms with Gasteiger partial charge in [0.25, 0.3) is 0 Å². The number of nitrogens with zero attached hydrogens (tertiary/aromatic N) is 3. The van der Waals surface area contributed by atoms with Gasteiger partial charge in [-0.2, -0.15) is 0 Å². The van der Waals surface area contributed by atoms with Gasteiger partial charge < -0.3 is 10.1 Å². The lowest BCUT2D eigenvalue weighted by molar-refractivity contribution is -0.00673. The molecule has 90 valence electrons. The van der Waals surface area contributed by atoms with Crippen LogP contribution in [0.3, 0.4) is 0 Å². The van der Waals surface area contributed by atoms with Crippen molar-refractivity contribution in [3.8, 4) is 0 Å². The molecule has 1 unspecified atom stereocenters. The number of nitrogens with one attached hydrogen (secondary N) is 1. The van der Waals surface area contributed by atoms with E-state index in [9.17, 15) is 0 Å². The van der Waals surface area contributed by atoms with E-state index in [0.29, 0.717) is 0 Å². The van der Waals surface area contributed by atoms with Crippen LogP contribution in [0.15, 0.2) is 6.20 Å². The summed E-state index contributed by atoms with van der Waals surface area (Å²) in [6.45, 7) is 2.69. The topological polar surface area (TPSA) is 52.0 Å². The van der Waals surface area contributed by atoms with Crippen molar-refractivity contribution >= 4 is 0 Å². The third-order valence-corrected chi connectivity index (χ3v) is 3.16. The Hall–Kier alpha value is -0.940. The largest absolute Gasteiger partial charge is 0.381 e. The molecule has 0 radical (unpaired) electrons. The Labute approximate surface area is 96.2 Å². The molecule has 1 atom stereocenters. The third-order valence-electron chi connectivity index (χ3n) is 3.16. The summed E-state index contributed by atoms with van der Waals surface area (Å²) in [7, 11) is 3.89. The second-order valence-electron chi connectivity index (χ2n) is 4.75. The highest BCUT2D eigenvalue weighted by atomic mass is 16.5. The number of ether oxygens (including phenoxy) is 1. The average Bonchev–Trinajstić information content (AvgIpc) is 2.65. The minimum absolute atomic E-state index is 0.197.